The molecule has 0 aromatic heterocycles. The third kappa shape index (κ3) is 5.76. The summed E-state index contributed by atoms with van der Waals surface area (Å²) in [4.78, 5) is 19.4. The lowest BCUT2D eigenvalue weighted by Crippen LogP contribution is -2.36. The number of halogens is 2. The van der Waals surface area contributed by atoms with Gasteiger partial charge in [-0.15, -0.1) is 0 Å². The van der Waals surface area contributed by atoms with E-state index in [1.165, 1.54) is 12.1 Å². The van der Waals surface area contributed by atoms with E-state index in [9.17, 15) is 13.6 Å². The topological polar surface area (TPSA) is 51.1 Å². The van der Waals surface area contributed by atoms with Crippen LogP contribution in [0.5, 0.6) is 11.5 Å². The average Bonchev–Trinajstić information content (AvgIpc) is 3.01. The van der Waals surface area contributed by atoms with Crippen molar-refractivity contribution in [3.63, 3.8) is 0 Å². The Balaban J connectivity index is 1.84. The van der Waals surface area contributed by atoms with Gasteiger partial charge in [0.15, 0.2) is 5.78 Å². The van der Waals surface area contributed by atoms with Crippen LogP contribution in [-0.2, 0) is 0 Å². The predicted molar refractivity (Wildman–Crippen MR) is 109 cm³/mol. The van der Waals surface area contributed by atoms with Crippen molar-refractivity contribution in [1.29, 1.82) is 0 Å². The molecule has 2 aromatic rings. The first-order valence-electron chi connectivity index (χ1n) is 9.60. The van der Waals surface area contributed by atoms with E-state index in [1.54, 1.807) is 43.5 Å². The van der Waals surface area contributed by atoms with Crippen molar-refractivity contribution in [3.05, 3.63) is 54.1 Å². The Morgan fingerprint density at radius 3 is 2.38 bits per heavy atom. The van der Waals surface area contributed by atoms with E-state index in [0.717, 1.165) is 38.1 Å². The molecule has 0 amide bonds. The first kappa shape index (κ1) is 20.8. The molecule has 0 N–H and O–H groups in total. The number of Topliss-reactive ketones (excluding diaryl/α,β-unsaturated/α-hetero) is 1. The number of benzene rings is 2. The van der Waals surface area contributed by atoms with Gasteiger partial charge in [0.2, 0.25) is 0 Å². The van der Waals surface area contributed by atoms with E-state index in [4.69, 9.17) is 4.74 Å². The highest BCUT2D eigenvalue weighted by molar-refractivity contribution is 6.07. The molecule has 1 heterocycles. The normalized spacial score (nSPS) is 14.1. The molecule has 0 aliphatic carbocycles. The standard InChI is InChI=1S/C22H24F2N2O3/c1-28-18-10-6-16(7-11-18)20(27)15-26(21-5-3-2-4-14-25-21)17-8-12-19(13-9-17)29-22(23)24/h6-13,22H,2-5,14-15H2,1H3. The number of carbonyl (C=O) groups is 1. The summed E-state index contributed by atoms with van der Waals surface area (Å²) >= 11 is 0. The van der Waals surface area contributed by atoms with Gasteiger partial charge in [-0.05, 0) is 61.4 Å². The Labute approximate surface area is 169 Å². The third-order valence-corrected chi connectivity index (χ3v) is 4.75. The highest BCUT2D eigenvalue weighted by Gasteiger charge is 2.20. The van der Waals surface area contributed by atoms with E-state index in [0.29, 0.717) is 17.0 Å². The molecule has 0 spiro atoms. The Morgan fingerprint density at radius 2 is 1.72 bits per heavy atom. The number of hydrogen-bond donors (Lipinski definition) is 0. The van der Waals surface area contributed by atoms with Gasteiger partial charge in [0.1, 0.15) is 17.3 Å². The quantitative estimate of drug-likeness (QED) is 0.615. The molecule has 2 aromatic carbocycles. The van der Waals surface area contributed by atoms with Gasteiger partial charge in [0, 0.05) is 24.2 Å². The first-order chi connectivity index (χ1) is 14.1. The van der Waals surface area contributed by atoms with Gasteiger partial charge < -0.3 is 14.4 Å². The summed E-state index contributed by atoms with van der Waals surface area (Å²) in [6.45, 7) is -2.05. The van der Waals surface area contributed by atoms with Crippen LogP contribution in [0.15, 0.2) is 53.5 Å². The monoisotopic (exact) mass is 402 g/mol. The average molecular weight is 402 g/mol. The van der Waals surface area contributed by atoms with Crippen LogP contribution >= 0.6 is 0 Å². The van der Waals surface area contributed by atoms with E-state index in [-0.39, 0.29) is 18.1 Å². The largest absolute Gasteiger partial charge is 0.497 e. The molecular formula is C22H24F2N2O3. The second-order valence-corrected chi connectivity index (χ2v) is 6.72. The fraction of sp³-hybridized carbons (Fsp3) is 0.364. The fourth-order valence-corrected chi connectivity index (χ4v) is 3.23. The maximum atomic E-state index is 12.9. The van der Waals surface area contributed by atoms with Crippen LogP contribution in [0.4, 0.5) is 14.5 Å². The number of methoxy groups -OCH3 is 1. The summed E-state index contributed by atoms with van der Waals surface area (Å²) in [6, 6.07) is 13.3. The first-order valence-corrected chi connectivity index (χ1v) is 9.60. The highest BCUT2D eigenvalue weighted by Crippen LogP contribution is 2.24. The summed E-state index contributed by atoms with van der Waals surface area (Å²) < 4.78 is 34.4. The fourth-order valence-electron chi connectivity index (χ4n) is 3.23. The molecule has 0 radical (unpaired) electrons. The number of hydrogen-bond acceptors (Lipinski definition) is 5. The van der Waals surface area contributed by atoms with Crippen LogP contribution in [0.1, 0.15) is 36.0 Å². The molecule has 0 saturated carbocycles. The molecule has 5 nitrogen and oxygen atoms in total. The number of nitrogens with zero attached hydrogens (tertiary/aromatic N) is 2. The summed E-state index contributed by atoms with van der Waals surface area (Å²) in [5.41, 5.74) is 1.29. The van der Waals surface area contributed by atoms with E-state index in [1.807, 2.05) is 4.90 Å². The molecule has 0 unspecified atom stereocenters. The van der Waals surface area contributed by atoms with E-state index < -0.39 is 6.61 Å². The SMILES string of the molecule is COc1ccc(C(=O)CN(C2=NCCCCC2)c2ccc(OC(F)F)cc2)cc1. The number of aliphatic imine (C=N–C) groups is 1. The molecule has 7 heteroatoms. The minimum atomic E-state index is -2.88. The molecule has 1 aliphatic rings. The van der Waals surface area contributed by atoms with Crippen LogP contribution in [0.3, 0.4) is 0 Å². The number of ether oxygens (including phenoxy) is 2. The second-order valence-electron chi connectivity index (χ2n) is 6.72. The molecule has 0 saturated heterocycles. The van der Waals surface area contributed by atoms with Crippen LogP contribution in [0, 0.1) is 0 Å². The van der Waals surface area contributed by atoms with Crippen molar-refractivity contribution >= 4 is 17.3 Å². The van der Waals surface area contributed by atoms with Gasteiger partial charge in [-0.3, -0.25) is 9.79 Å². The van der Waals surface area contributed by atoms with Crippen molar-refractivity contribution < 1.29 is 23.0 Å². The predicted octanol–water partition coefficient (Wildman–Crippen LogP) is 4.96. The van der Waals surface area contributed by atoms with Crippen molar-refractivity contribution in [2.75, 3.05) is 25.1 Å². The van der Waals surface area contributed by atoms with Gasteiger partial charge >= 0.3 is 6.61 Å². The van der Waals surface area contributed by atoms with Gasteiger partial charge in [-0.25, -0.2) is 0 Å². The second kappa shape index (κ2) is 10.0. The number of carbonyl (C=O) groups excluding carboxylic acids is 1. The Kier molecular flexibility index (Phi) is 7.16. The van der Waals surface area contributed by atoms with Gasteiger partial charge in [0.05, 0.1) is 13.7 Å². The highest BCUT2D eigenvalue weighted by atomic mass is 19.3. The summed E-state index contributed by atoms with van der Waals surface area (Å²) in [5.74, 6) is 1.54. The van der Waals surface area contributed by atoms with Crippen LogP contribution < -0.4 is 14.4 Å². The molecule has 154 valence electrons. The third-order valence-electron chi connectivity index (χ3n) is 4.75. The molecular weight excluding hydrogens is 378 g/mol. The van der Waals surface area contributed by atoms with Crippen molar-refractivity contribution in [1.82, 2.24) is 0 Å². The Morgan fingerprint density at radius 1 is 1.03 bits per heavy atom. The summed E-state index contributed by atoms with van der Waals surface area (Å²) in [6.07, 6.45) is 3.88. The van der Waals surface area contributed by atoms with Gasteiger partial charge in [-0.1, -0.05) is 6.42 Å². The maximum absolute atomic E-state index is 12.9. The van der Waals surface area contributed by atoms with E-state index in [2.05, 4.69) is 9.73 Å². The lowest BCUT2D eigenvalue weighted by atomic mass is 10.1. The van der Waals surface area contributed by atoms with Crippen LogP contribution in [0.2, 0.25) is 0 Å². The molecule has 1 aliphatic heterocycles. The van der Waals surface area contributed by atoms with Crippen LogP contribution in [0.25, 0.3) is 0 Å². The molecule has 3 rings (SSSR count). The minimum Gasteiger partial charge on any atom is -0.497 e. The molecule has 0 fully saturated rings. The number of ketones is 1. The number of anilines is 1. The summed E-state index contributed by atoms with van der Waals surface area (Å²) in [7, 11) is 1.57. The van der Waals surface area contributed by atoms with Crippen LogP contribution in [-0.4, -0.2) is 38.4 Å². The lowest BCUT2D eigenvalue weighted by molar-refractivity contribution is -0.0498. The minimum absolute atomic E-state index is 0.0625. The van der Waals surface area contributed by atoms with Gasteiger partial charge in [0.25, 0.3) is 0 Å². The number of alkyl halides is 2. The Hall–Kier alpha value is -2.96. The summed E-state index contributed by atoms with van der Waals surface area (Å²) in [5, 5.41) is 0. The van der Waals surface area contributed by atoms with E-state index >= 15 is 0 Å². The number of rotatable bonds is 7. The van der Waals surface area contributed by atoms with Gasteiger partial charge in [-0.2, -0.15) is 8.78 Å². The zero-order valence-electron chi connectivity index (χ0n) is 16.3. The number of amidine groups is 1. The smallest absolute Gasteiger partial charge is 0.387 e. The van der Waals surface area contributed by atoms with Crippen molar-refractivity contribution in [2.45, 2.75) is 32.3 Å². The Bertz CT molecular complexity index is 836. The zero-order valence-corrected chi connectivity index (χ0v) is 16.3. The molecule has 0 atom stereocenters. The molecule has 29 heavy (non-hydrogen) atoms. The van der Waals surface area contributed by atoms with Crippen molar-refractivity contribution in [3.8, 4) is 11.5 Å². The maximum Gasteiger partial charge on any atom is 0.387 e. The molecule has 0 bridgehead atoms. The zero-order chi connectivity index (χ0) is 20.6. The lowest BCUT2D eigenvalue weighted by Gasteiger charge is -2.26. The van der Waals surface area contributed by atoms with Crippen molar-refractivity contribution in [2.24, 2.45) is 4.99 Å².